The standard InChI is InChI=1S/C16H24N2O3/c1-16(2)10-13(18(4)8-7-15(20)17-3)12-6-5-11(19)9-14(12)21-16/h5-6,9,13,19H,7-8,10H2,1-4H3,(H,17,20). The number of fused-ring (bicyclic) bond motifs is 1. The van der Waals surface area contributed by atoms with E-state index in [9.17, 15) is 9.90 Å². The molecule has 1 amide bonds. The third-order valence-corrected chi connectivity index (χ3v) is 3.93. The third-order valence-electron chi connectivity index (χ3n) is 3.93. The minimum absolute atomic E-state index is 0.0408. The minimum Gasteiger partial charge on any atom is -0.508 e. The van der Waals surface area contributed by atoms with E-state index in [1.165, 1.54) is 0 Å². The summed E-state index contributed by atoms with van der Waals surface area (Å²) >= 11 is 0. The Bertz CT molecular complexity index is 528. The zero-order chi connectivity index (χ0) is 15.6. The van der Waals surface area contributed by atoms with Crippen molar-refractivity contribution in [1.29, 1.82) is 0 Å². The summed E-state index contributed by atoms with van der Waals surface area (Å²) in [4.78, 5) is 13.6. The molecule has 0 saturated carbocycles. The van der Waals surface area contributed by atoms with Crippen molar-refractivity contribution in [2.24, 2.45) is 0 Å². The highest BCUT2D eigenvalue weighted by Crippen LogP contribution is 2.43. The van der Waals surface area contributed by atoms with Gasteiger partial charge >= 0.3 is 0 Å². The summed E-state index contributed by atoms with van der Waals surface area (Å²) in [7, 11) is 3.67. The molecule has 116 valence electrons. The van der Waals surface area contributed by atoms with Crippen LogP contribution in [-0.4, -0.2) is 42.2 Å². The van der Waals surface area contributed by atoms with Crippen LogP contribution in [0, 0.1) is 0 Å². The quantitative estimate of drug-likeness (QED) is 0.892. The lowest BCUT2D eigenvalue weighted by Gasteiger charge is -2.41. The summed E-state index contributed by atoms with van der Waals surface area (Å²) in [5, 5.41) is 12.3. The zero-order valence-electron chi connectivity index (χ0n) is 13.1. The van der Waals surface area contributed by atoms with E-state index in [1.54, 1.807) is 19.2 Å². The van der Waals surface area contributed by atoms with Crippen molar-refractivity contribution in [3.05, 3.63) is 23.8 Å². The van der Waals surface area contributed by atoms with E-state index in [0.29, 0.717) is 13.0 Å². The lowest BCUT2D eigenvalue weighted by Crippen LogP contribution is -2.41. The van der Waals surface area contributed by atoms with E-state index in [2.05, 4.69) is 10.2 Å². The smallest absolute Gasteiger partial charge is 0.221 e. The van der Waals surface area contributed by atoms with Crippen LogP contribution in [0.1, 0.15) is 38.3 Å². The number of rotatable bonds is 4. The van der Waals surface area contributed by atoms with E-state index in [1.807, 2.05) is 27.0 Å². The fourth-order valence-corrected chi connectivity index (χ4v) is 2.75. The molecular weight excluding hydrogens is 268 g/mol. The van der Waals surface area contributed by atoms with E-state index in [-0.39, 0.29) is 23.3 Å². The van der Waals surface area contributed by atoms with Crippen LogP contribution in [-0.2, 0) is 4.79 Å². The van der Waals surface area contributed by atoms with Gasteiger partial charge in [-0.05, 0) is 27.0 Å². The van der Waals surface area contributed by atoms with Crippen LogP contribution in [0.25, 0.3) is 0 Å². The van der Waals surface area contributed by atoms with Crippen molar-refractivity contribution in [2.75, 3.05) is 20.6 Å². The first-order chi connectivity index (χ1) is 9.82. The largest absolute Gasteiger partial charge is 0.508 e. The number of ether oxygens (including phenoxy) is 1. The van der Waals surface area contributed by atoms with Crippen LogP contribution in [0.5, 0.6) is 11.5 Å². The molecule has 1 unspecified atom stereocenters. The predicted molar refractivity (Wildman–Crippen MR) is 81.5 cm³/mol. The van der Waals surface area contributed by atoms with Crippen molar-refractivity contribution < 1.29 is 14.6 Å². The number of phenolic OH excluding ortho intramolecular Hbond substituents is 1. The molecular formula is C16H24N2O3. The van der Waals surface area contributed by atoms with E-state index < -0.39 is 0 Å². The van der Waals surface area contributed by atoms with Crippen LogP contribution < -0.4 is 10.1 Å². The Balaban J connectivity index is 2.21. The normalized spacial score (nSPS) is 19.8. The molecule has 0 aliphatic carbocycles. The summed E-state index contributed by atoms with van der Waals surface area (Å²) in [6.45, 7) is 4.76. The fourth-order valence-electron chi connectivity index (χ4n) is 2.75. The maximum atomic E-state index is 11.4. The van der Waals surface area contributed by atoms with Crippen molar-refractivity contribution in [2.45, 2.75) is 38.3 Å². The number of aromatic hydroxyl groups is 1. The molecule has 0 bridgehead atoms. The van der Waals surface area contributed by atoms with Gasteiger partial charge in [0.2, 0.25) is 5.91 Å². The molecule has 1 aromatic rings. The highest BCUT2D eigenvalue weighted by Gasteiger charge is 2.35. The van der Waals surface area contributed by atoms with Gasteiger partial charge in [0.15, 0.2) is 0 Å². The molecule has 21 heavy (non-hydrogen) atoms. The average molecular weight is 292 g/mol. The Hall–Kier alpha value is -1.75. The Morgan fingerprint density at radius 3 is 2.90 bits per heavy atom. The molecule has 1 atom stereocenters. The van der Waals surface area contributed by atoms with Crippen LogP contribution in [0.4, 0.5) is 0 Å². The molecule has 1 heterocycles. The number of amides is 1. The molecule has 0 spiro atoms. The van der Waals surface area contributed by atoms with E-state index >= 15 is 0 Å². The van der Waals surface area contributed by atoms with Gasteiger partial charge in [0, 0.05) is 44.1 Å². The summed E-state index contributed by atoms with van der Waals surface area (Å²) in [5.74, 6) is 0.973. The topological polar surface area (TPSA) is 61.8 Å². The number of nitrogens with zero attached hydrogens (tertiary/aromatic N) is 1. The van der Waals surface area contributed by atoms with Crippen LogP contribution >= 0.6 is 0 Å². The second-order valence-corrected chi connectivity index (χ2v) is 6.21. The lowest BCUT2D eigenvalue weighted by molar-refractivity contribution is -0.121. The first kappa shape index (κ1) is 15.6. The predicted octanol–water partition coefficient (Wildman–Crippen LogP) is 2.06. The zero-order valence-corrected chi connectivity index (χ0v) is 13.1. The molecule has 0 fully saturated rings. The second-order valence-electron chi connectivity index (χ2n) is 6.21. The van der Waals surface area contributed by atoms with Gasteiger partial charge in [-0.2, -0.15) is 0 Å². The molecule has 0 radical (unpaired) electrons. The van der Waals surface area contributed by atoms with Crippen molar-refractivity contribution in [1.82, 2.24) is 10.2 Å². The Morgan fingerprint density at radius 2 is 2.24 bits per heavy atom. The Labute approximate surface area is 125 Å². The molecule has 5 heteroatoms. The molecule has 0 aromatic heterocycles. The number of phenols is 1. The summed E-state index contributed by atoms with van der Waals surface area (Å²) in [6, 6.07) is 5.42. The van der Waals surface area contributed by atoms with Crippen LogP contribution in [0.3, 0.4) is 0 Å². The Morgan fingerprint density at radius 1 is 1.52 bits per heavy atom. The lowest BCUT2D eigenvalue weighted by atomic mass is 9.88. The van der Waals surface area contributed by atoms with Crippen molar-refractivity contribution >= 4 is 5.91 Å². The molecule has 1 aliphatic rings. The van der Waals surface area contributed by atoms with Crippen molar-refractivity contribution in [3.8, 4) is 11.5 Å². The number of carbonyl (C=O) groups is 1. The maximum Gasteiger partial charge on any atom is 0.221 e. The molecule has 0 saturated heterocycles. The average Bonchev–Trinajstić information content (AvgIpc) is 2.41. The number of nitrogens with one attached hydrogen (secondary N) is 1. The third kappa shape index (κ3) is 3.67. The highest BCUT2D eigenvalue weighted by molar-refractivity contribution is 5.75. The molecule has 2 rings (SSSR count). The van der Waals surface area contributed by atoms with Gasteiger partial charge < -0.3 is 15.2 Å². The van der Waals surface area contributed by atoms with Gasteiger partial charge in [-0.25, -0.2) is 0 Å². The summed E-state index contributed by atoms with van der Waals surface area (Å²) in [5.41, 5.74) is 0.763. The molecule has 1 aromatic carbocycles. The van der Waals surface area contributed by atoms with Gasteiger partial charge in [0.05, 0.1) is 0 Å². The van der Waals surface area contributed by atoms with Crippen molar-refractivity contribution in [3.63, 3.8) is 0 Å². The summed E-state index contributed by atoms with van der Waals surface area (Å²) < 4.78 is 5.96. The molecule has 2 N–H and O–H groups in total. The summed E-state index contributed by atoms with van der Waals surface area (Å²) in [6.07, 6.45) is 1.31. The Kier molecular flexibility index (Phi) is 4.42. The number of carbonyl (C=O) groups excluding carboxylic acids is 1. The van der Waals surface area contributed by atoms with Gasteiger partial charge in [-0.3, -0.25) is 9.69 Å². The molecule has 1 aliphatic heterocycles. The van der Waals surface area contributed by atoms with Gasteiger partial charge in [-0.1, -0.05) is 6.07 Å². The first-order valence-corrected chi connectivity index (χ1v) is 7.25. The number of hydrogen-bond acceptors (Lipinski definition) is 4. The van der Waals surface area contributed by atoms with E-state index in [4.69, 9.17) is 4.74 Å². The van der Waals surface area contributed by atoms with Crippen LogP contribution in [0.15, 0.2) is 18.2 Å². The van der Waals surface area contributed by atoms with Gasteiger partial charge in [-0.15, -0.1) is 0 Å². The SMILES string of the molecule is CNC(=O)CCN(C)C1CC(C)(C)Oc2cc(O)ccc21. The monoisotopic (exact) mass is 292 g/mol. The molecule has 5 nitrogen and oxygen atoms in total. The second kappa shape index (κ2) is 5.93. The number of benzene rings is 1. The van der Waals surface area contributed by atoms with Crippen LogP contribution in [0.2, 0.25) is 0 Å². The minimum atomic E-state index is -0.299. The van der Waals surface area contributed by atoms with E-state index in [0.717, 1.165) is 17.7 Å². The number of hydrogen-bond donors (Lipinski definition) is 2. The maximum absolute atomic E-state index is 11.4. The van der Waals surface area contributed by atoms with Gasteiger partial charge in [0.25, 0.3) is 0 Å². The highest BCUT2D eigenvalue weighted by atomic mass is 16.5. The van der Waals surface area contributed by atoms with Gasteiger partial charge in [0.1, 0.15) is 17.1 Å². The first-order valence-electron chi connectivity index (χ1n) is 7.25. The fraction of sp³-hybridized carbons (Fsp3) is 0.562.